The molecule has 2 atom stereocenters. The lowest BCUT2D eigenvalue weighted by atomic mass is 10.0. The molecular formula is C19H27Cl2N5O2. The molecule has 28 heavy (non-hydrogen) atoms. The van der Waals surface area contributed by atoms with Gasteiger partial charge in [-0.1, -0.05) is 6.07 Å². The van der Waals surface area contributed by atoms with Crippen LogP contribution < -0.4 is 10.6 Å². The number of halogens is 2. The third kappa shape index (κ3) is 5.95. The van der Waals surface area contributed by atoms with E-state index in [-0.39, 0.29) is 48.7 Å². The molecule has 1 saturated heterocycles. The third-order valence-electron chi connectivity index (χ3n) is 4.84. The maximum Gasteiger partial charge on any atom is 0.254 e. The van der Waals surface area contributed by atoms with Crippen LogP contribution in [0.5, 0.6) is 0 Å². The van der Waals surface area contributed by atoms with Crippen LogP contribution in [-0.2, 0) is 11.3 Å². The van der Waals surface area contributed by atoms with Gasteiger partial charge in [-0.3, -0.25) is 9.59 Å². The molecule has 2 amide bonds. The summed E-state index contributed by atoms with van der Waals surface area (Å²) in [6.07, 6.45) is 5.54. The molecule has 0 aliphatic carbocycles. The predicted molar refractivity (Wildman–Crippen MR) is 114 cm³/mol. The average Bonchev–Trinajstić information content (AvgIpc) is 3.15. The van der Waals surface area contributed by atoms with Crippen molar-refractivity contribution >= 4 is 42.3 Å². The summed E-state index contributed by atoms with van der Waals surface area (Å²) in [6, 6.07) is 7.54. The Balaban J connectivity index is 0.00000196. The Labute approximate surface area is 177 Å². The van der Waals surface area contributed by atoms with Gasteiger partial charge in [-0.05, 0) is 32.0 Å². The quantitative estimate of drug-likeness (QED) is 0.768. The van der Waals surface area contributed by atoms with Gasteiger partial charge in [0.2, 0.25) is 5.91 Å². The van der Waals surface area contributed by atoms with Gasteiger partial charge in [0.05, 0.1) is 6.33 Å². The zero-order valence-electron chi connectivity index (χ0n) is 16.0. The molecule has 0 bridgehead atoms. The largest absolute Gasteiger partial charge is 0.337 e. The van der Waals surface area contributed by atoms with Crippen LogP contribution in [-0.4, -0.2) is 51.4 Å². The van der Waals surface area contributed by atoms with Crippen LogP contribution in [0.4, 0.5) is 5.69 Å². The number of carbonyl (C=O) groups is 2. The predicted octanol–water partition coefficient (Wildman–Crippen LogP) is 2.58. The molecule has 1 aliphatic heterocycles. The van der Waals surface area contributed by atoms with Crippen LogP contribution in [0.1, 0.15) is 30.6 Å². The number of anilines is 1. The molecular weight excluding hydrogens is 401 g/mol. The minimum absolute atomic E-state index is 0. The second kappa shape index (κ2) is 11.0. The highest BCUT2D eigenvalue weighted by atomic mass is 35.5. The highest BCUT2D eigenvalue weighted by Crippen LogP contribution is 2.17. The van der Waals surface area contributed by atoms with E-state index in [1.807, 2.05) is 15.7 Å². The summed E-state index contributed by atoms with van der Waals surface area (Å²) in [5.74, 6) is -0.0900. The van der Waals surface area contributed by atoms with E-state index in [2.05, 4.69) is 29.5 Å². The molecule has 0 radical (unpaired) electrons. The number of carbonyl (C=O) groups excluding carboxylic acids is 2. The molecule has 1 fully saturated rings. The highest BCUT2D eigenvalue weighted by Gasteiger charge is 2.28. The van der Waals surface area contributed by atoms with Gasteiger partial charge in [-0.15, -0.1) is 24.8 Å². The molecule has 154 valence electrons. The Morgan fingerprint density at radius 3 is 2.79 bits per heavy atom. The SMILES string of the molecule is CC1NCCN(C(=O)c2cccc(NC(=O)CCn3ccnc3)c2)C1C.Cl.Cl. The van der Waals surface area contributed by atoms with Gasteiger partial charge >= 0.3 is 0 Å². The number of piperazine rings is 1. The molecule has 2 unspecified atom stereocenters. The summed E-state index contributed by atoms with van der Waals surface area (Å²) >= 11 is 0. The molecule has 1 aromatic carbocycles. The zero-order chi connectivity index (χ0) is 18.5. The van der Waals surface area contributed by atoms with E-state index in [0.29, 0.717) is 30.8 Å². The Morgan fingerprint density at radius 2 is 2.07 bits per heavy atom. The molecule has 2 heterocycles. The lowest BCUT2D eigenvalue weighted by Crippen LogP contribution is -2.57. The molecule has 9 heteroatoms. The summed E-state index contributed by atoms with van der Waals surface area (Å²) in [5.41, 5.74) is 1.24. The number of nitrogens with one attached hydrogen (secondary N) is 2. The normalized spacial score (nSPS) is 18.6. The van der Waals surface area contributed by atoms with Crippen LogP contribution in [0.2, 0.25) is 0 Å². The van der Waals surface area contributed by atoms with Crippen molar-refractivity contribution in [2.75, 3.05) is 18.4 Å². The van der Waals surface area contributed by atoms with Crippen molar-refractivity contribution in [1.29, 1.82) is 0 Å². The first-order valence-corrected chi connectivity index (χ1v) is 8.94. The molecule has 3 rings (SSSR count). The number of hydrogen-bond acceptors (Lipinski definition) is 4. The first kappa shape index (κ1) is 23.9. The molecule has 1 aromatic heterocycles. The van der Waals surface area contributed by atoms with Crippen molar-refractivity contribution in [2.45, 2.75) is 38.9 Å². The first-order chi connectivity index (χ1) is 12.5. The van der Waals surface area contributed by atoms with Crippen LogP contribution in [0, 0.1) is 0 Å². The van der Waals surface area contributed by atoms with E-state index in [9.17, 15) is 9.59 Å². The number of aryl methyl sites for hydroxylation is 1. The van der Waals surface area contributed by atoms with Gasteiger partial charge in [-0.25, -0.2) is 4.98 Å². The van der Waals surface area contributed by atoms with E-state index < -0.39 is 0 Å². The molecule has 0 saturated carbocycles. The zero-order valence-corrected chi connectivity index (χ0v) is 17.6. The fourth-order valence-electron chi connectivity index (χ4n) is 3.11. The third-order valence-corrected chi connectivity index (χ3v) is 4.84. The van der Waals surface area contributed by atoms with Crippen LogP contribution in [0.15, 0.2) is 43.0 Å². The second-order valence-electron chi connectivity index (χ2n) is 6.66. The molecule has 2 aromatic rings. The Hall–Kier alpha value is -2.09. The first-order valence-electron chi connectivity index (χ1n) is 8.94. The number of aromatic nitrogens is 2. The number of imidazole rings is 1. The van der Waals surface area contributed by atoms with E-state index in [0.717, 1.165) is 6.54 Å². The Morgan fingerprint density at radius 1 is 1.29 bits per heavy atom. The molecule has 0 spiro atoms. The number of amides is 2. The van der Waals surface area contributed by atoms with Crippen LogP contribution >= 0.6 is 24.8 Å². The second-order valence-corrected chi connectivity index (χ2v) is 6.66. The van der Waals surface area contributed by atoms with Crippen molar-refractivity contribution in [3.8, 4) is 0 Å². The van der Waals surface area contributed by atoms with E-state index in [1.165, 1.54) is 0 Å². The molecule has 2 N–H and O–H groups in total. The van der Waals surface area contributed by atoms with E-state index in [1.54, 1.807) is 36.8 Å². The highest BCUT2D eigenvalue weighted by molar-refractivity contribution is 5.97. The van der Waals surface area contributed by atoms with Crippen LogP contribution in [0.25, 0.3) is 0 Å². The standard InChI is InChI=1S/C19H25N5O2.2ClH/c1-14-15(2)24(11-8-21-14)19(26)16-4-3-5-17(12-16)22-18(25)6-9-23-10-7-20-13-23;;/h3-5,7,10,12-15,21H,6,8-9,11H2,1-2H3,(H,22,25);2*1H. The van der Waals surface area contributed by atoms with Gasteiger partial charge in [0.1, 0.15) is 0 Å². The number of hydrogen-bond donors (Lipinski definition) is 2. The van der Waals surface area contributed by atoms with Crippen molar-refractivity contribution in [3.05, 3.63) is 48.5 Å². The maximum absolute atomic E-state index is 12.9. The lowest BCUT2D eigenvalue weighted by Gasteiger charge is -2.38. The van der Waals surface area contributed by atoms with Crippen molar-refractivity contribution in [3.63, 3.8) is 0 Å². The lowest BCUT2D eigenvalue weighted by molar-refractivity contribution is -0.116. The summed E-state index contributed by atoms with van der Waals surface area (Å²) in [7, 11) is 0. The fraction of sp³-hybridized carbons (Fsp3) is 0.421. The van der Waals surface area contributed by atoms with Gasteiger partial charge < -0.3 is 20.1 Å². The van der Waals surface area contributed by atoms with Crippen molar-refractivity contribution in [1.82, 2.24) is 19.8 Å². The van der Waals surface area contributed by atoms with Gasteiger partial charge in [0.15, 0.2) is 0 Å². The summed E-state index contributed by atoms with van der Waals surface area (Å²) < 4.78 is 1.85. The number of benzene rings is 1. The Bertz CT molecular complexity index is 769. The summed E-state index contributed by atoms with van der Waals surface area (Å²) in [4.78, 5) is 30.8. The monoisotopic (exact) mass is 427 g/mol. The summed E-state index contributed by atoms with van der Waals surface area (Å²) in [6.45, 7) is 6.19. The van der Waals surface area contributed by atoms with Crippen LogP contribution in [0.3, 0.4) is 0 Å². The van der Waals surface area contributed by atoms with Gasteiger partial charge in [0, 0.05) is 61.8 Å². The number of rotatable bonds is 5. The van der Waals surface area contributed by atoms with Crippen molar-refractivity contribution < 1.29 is 9.59 Å². The Kier molecular flexibility index (Phi) is 9.45. The van der Waals surface area contributed by atoms with Crippen molar-refractivity contribution in [2.24, 2.45) is 0 Å². The van der Waals surface area contributed by atoms with Gasteiger partial charge in [0.25, 0.3) is 5.91 Å². The fourth-order valence-corrected chi connectivity index (χ4v) is 3.11. The molecule has 7 nitrogen and oxygen atoms in total. The minimum atomic E-state index is -0.0903. The number of nitrogens with zero attached hydrogens (tertiary/aromatic N) is 3. The van der Waals surface area contributed by atoms with E-state index >= 15 is 0 Å². The summed E-state index contributed by atoms with van der Waals surface area (Å²) in [5, 5.41) is 6.24. The molecule has 1 aliphatic rings. The minimum Gasteiger partial charge on any atom is -0.337 e. The maximum atomic E-state index is 12.9. The smallest absolute Gasteiger partial charge is 0.254 e. The van der Waals surface area contributed by atoms with E-state index in [4.69, 9.17) is 0 Å². The topological polar surface area (TPSA) is 79.3 Å². The average molecular weight is 428 g/mol. The van der Waals surface area contributed by atoms with Gasteiger partial charge in [-0.2, -0.15) is 0 Å².